The summed E-state index contributed by atoms with van der Waals surface area (Å²) in [6, 6.07) is 39.8. The first-order chi connectivity index (χ1) is 23.3. The van der Waals surface area contributed by atoms with Crippen LogP contribution in [0.15, 0.2) is 138 Å². The van der Waals surface area contributed by atoms with Gasteiger partial charge in [-0.2, -0.15) is 0 Å². The van der Waals surface area contributed by atoms with Crippen LogP contribution >= 0.6 is 23.1 Å². The highest BCUT2D eigenvalue weighted by Crippen LogP contribution is 2.29. The van der Waals surface area contributed by atoms with E-state index in [0.29, 0.717) is 16.4 Å². The van der Waals surface area contributed by atoms with Gasteiger partial charge in [0.1, 0.15) is 5.70 Å². The first kappa shape index (κ1) is 32.4. The van der Waals surface area contributed by atoms with Gasteiger partial charge >= 0.3 is 0 Å². The quantitative estimate of drug-likeness (QED) is 0.100. The number of amides is 3. The van der Waals surface area contributed by atoms with E-state index in [4.69, 9.17) is 0 Å². The fraction of sp³-hybridized carbons (Fsp3) is 0.0769. The number of hydrogen-bond acceptors (Lipinski definition) is 6. The monoisotopic (exact) mass is 668 g/mol. The molecule has 0 saturated heterocycles. The van der Waals surface area contributed by atoms with Crippen molar-refractivity contribution >= 4 is 67.9 Å². The SMILES string of the molecule is Cc1ccc2nc(NC(=O)C(C)Sc3ccc(NC(=O)/C(=C/c4ccc(-c5ccccc5)cc4)NC(=O)c4ccccc4)cc3)sc2c1. The molecule has 1 unspecified atom stereocenters. The van der Waals surface area contributed by atoms with Crippen LogP contribution < -0.4 is 16.0 Å². The third-order valence-electron chi connectivity index (χ3n) is 7.43. The molecule has 0 aliphatic rings. The van der Waals surface area contributed by atoms with Crippen LogP contribution in [0.4, 0.5) is 10.8 Å². The van der Waals surface area contributed by atoms with Crippen LogP contribution in [0.25, 0.3) is 27.4 Å². The maximum Gasteiger partial charge on any atom is 0.272 e. The zero-order valence-electron chi connectivity index (χ0n) is 26.3. The number of hydrogen-bond donors (Lipinski definition) is 3. The molecule has 0 bridgehead atoms. The second-order valence-corrected chi connectivity index (χ2v) is 13.5. The average molecular weight is 669 g/mol. The number of aromatic nitrogens is 1. The van der Waals surface area contributed by atoms with Gasteiger partial charge in [0.2, 0.25) is 5.91 Å². The van der Waals surface area contributed by atoms with E-state index in [1.54, 1.807) is 42.5 Å². The van der Waals surface area contributed by atoms with Crippen LogP contribution in [0.1, 0.15) is 28.4 Å². The van der Waals surface area contributed by atoms with Crippen molar-refractivity contribution in [3.63, 3.8) is 0 Å². The van der Waals surface area contributed by atoms with E-state index in [-0.39, 0.29) is 16.9 Å². The molecule has 7 nitrogen and oxygen atoms in total. The van der Waals surface area contributed by atoms with E-state index >= 15 is 0 Å². The number of thiazole rings is 1. The van der Waals surface area contributed by atoms with Crippen molar-refractivity contribution in [1.29, 1.82) is 0 Å². The Morgan fingerprint density at radius 1 is 0.771 bits per heavy atom. The van der Waals surface area contributed by atoms with Crippen LogP contribution in [0.3, 0.4) is 0 Å². The van der Waals surface area contributed by atoms with Gasteiger partial charge in [0.15, 0.2) is 5.13 Å². The lowest BCUT2D eigenvalue weighted by Gasteiger charge is -2.13. The Labute approximate surface area is 287 Å². The van der Waals surface area contributed by atoms with E-state index in [2.05, 4.69) is 27.0 Å². The topological polar surface area (TPSA) is 100 Å². The van der Waals surface area contributed by atoms with E-state index in [0.717, 1.165) is 37.4 Å². The number of rotatable bonds is 10. The second-order valence-electron chi connectivity index (χ2n) is 11.1. The van der Waals surface area contributed by atoms with Crippen molar-refractivity contribution in [2.45, 2.75) is 24.0 Å². The third kappa shape index (κ3) is 8.25. The normalized spacial score (nSPS) is 11.9. The van der Waals surface area contributed by atoms with Crippen molar-refractivity contribution < 1.29 is 14.4 Å². The Morgan fingerprint density at radius 2 is 1.44 bits per heavy atom. The van der Waals surface area contributed by atoms with Gasteiger partial charge in [-0.3, -0.25) is 14.4 Å². The molecule has 6 rings (SSSR count). The summed E-state index contributed by atoms with van der Waals surface area (Å²) in [6.45, 7) is 3.87. The lowest BCUT2D eigenvalue weighted by molar-refractivity contribution is -0.115. The summed E-state index contributed by atoms with van der Waals surface area (Å²) < 4.78 is 1.03. The smallest absolute Gasteiger partial charge is 0.272 e. The molecule has 1 heterocycles. The van der Waals surface area contributed by atoms with Crippen molar-refractivity contribution in [3.05, 3.63) is 150 Å². The highest BCUT2D eigenvalue weighted by Gasteiger charge is 2.18. The molecule has 0 fully saturated rings. The molecule has 1 aromatic heterocycles. The summed E-state index contributed by atoms with van der Waals surface area (Å²) in [4.78, 5) is 44.9. The van der Waals surface area contributed by atoms with E-state index < -0.39 is 11.8 Å². The van der Waals surface area contributed by atoms with Gasteiger partial charge in [0.05, 0.1) is 15.5 Å². The molecule has 0 spiro atoms. The van der Waals surface area contributed by atoms with Gasteiger partial charge in [-0.25, -0.2) is 4.98 Å². The lowest BCUT2D eigenvalue weighted by Crippen LogP contribution is -2.30. The number of thioether (sulfide) groups is 1. The van der Waals surface area contributed by atoms with E-state index in [1.165, 1.54) is 23.1 Å². The Hall–Kier alpha value is -5.51. The Bertz CT molecular complexity index is 2090. The number of anilines is 2. The Balaban J connectivity index is 1.12. The number of carbonyl (C=O) groups excluding carboxylic acids is 3. The van der Waals surface area contributed by atoms with Crippen LogP contribution in [0.5, 0.6) is 0 Å². The molecule has 1 atom stereocenters. The molecule has 5 aromatic carbocycles. The number of nitrogens with one attached hydrogen (secondary N) is 3. The minimum atomic E-state index is -0.467. The largest absolute Gasteiger partial charge is 0.321 e. The molecule has 0 saturated carbocycles. The highest BCUT2D eigenvalue weighted by molar-refractivity contribution is 8.00. The van der Waals surface area contributed by atoms with Gasteiger partial charge in [0.25, 0.3) is 11.8 Å². The van der Waals surface area contributed by atoms with Gasteiger partial charge in [0, 0.05) is 16.1 Å². The van der Waals surface area contributed by atoms with Crippen molar-refractivity contribution in [2.24, 2.45) is 0 Å². The standard InChI is InChI=1S/C39H32N4O3S2/c1-25-13-22-33-35(23-25)48-39(42-33)43-36(44)26(2)47-32-20-18-31(19-21-32)40-38(46)34(41-37(45)30-11-7-4-8-12-30)24-27-14-16-29(17-15-27)28-9-5-3-6-10-28/h3-24,26H,1-2H3,(H,40,46)(H,41,45)(H,42,43,44)/b34-24-. The summed E-state index contributed by atoms with van der Waals surface area (Å²) in [5.74, 6) is -1.00. The van der Waals surface area contributed by atoms with Gasteiger partial charge < -0.3 is 16.0 Å². The maximum absolute atomic E-state index is 13.5. The summed E-state index contributed by atoms with van der Waals surface area (Å²) in [5, 5.41) is 8.80. The molecule has 3 amide bonds. The number of carbonyl (C=O) groups is 3. The Kier molecular flexibility index (Phi) is 10.1. The van der Waals surface area contributed by atoms with Crippen molar-refractivity contribution in [2.75, 3.05) is 10.6 Å². The summed E-state index contributed by atoms with van der Waals surface area (Å²) in [7, 11) is 0. The van der Waals surface area contributed by atoms with Crippen LogP contribution in [-0.4, -0.2) is 28.0 Å². The molecule has 48 heavy (non-hydrogen) atoms. The number of aryl methyl sites for hydroxylation is 1. The van der Waals surface area contributed by atoms with Gasteiger partial charge in [-0.1, -0.05) is 90.2 Å². The summed E-state index contributed by atoms with van der Waals surface area (Å²) in [6.07, 6.45) is 1.65. The van der Waals surface area contributed by atoms with Crippen LogP contribution in [0.2, 0.25) is 0 Å². The van der Waals surface area contributed by atoms with Gasteiger partial charge in [-0.05, 0) is 90.7 Å². The lowest BCUT2D eigenvalue weighted by atomic mass is 10.0. The minimum Gasteiger partial charge on any atom is -0.321 e. The first-order valence-electron chi connectivity index (χ1n) is 15.3. The predicted molar refractivity (Wildman–Crippen MR) is 197 cm³/mol. The molecular weight excluding hydrogens is 637 g/mol. The first-order valence-corrected chi connectivity index (χ1v) is 17.0. The van der Waals surface area contributed by atoms with Crippen molar-refractivity contribution in [3.8, 4) is 11.1 Å². The average Bonchev–Trinajstić information content (AvgIpc) is 3.51. The van der Waals surface area contributed by atoms with Gasteiger partial charge in [-0.15, -0.1) is 11.8 Å². The second kappa shape index (κ2) is 14.9. The minimum absolute atomic E-state index is 0.102. The van der Waals surface area contributed by atoms with Crippen LogP contribution in [-0.2, 0) is 9.59 Å². The zero-order valence-corrected chi connectivity index (χ0v) is 27.9. The van der Waals surface area contributed by atoms with E-state index in [9.17, 15) is 14.4 Å². The fourth-order valence-electron chi connectivity index (χ4n) is 4.88. The summed E-state index contributed by atoms with van der Waals surface area (Å²) in [5.41, 5.74) is 5.98. The highest BCUT2D eigenvalue weighted by atomic mass is 32.2. The molecule has 238 valence electrons. The predicted octanol–water partition coefficient (Wildman–Crippen LogP) is 8.80. The number of fused-ring (bicyclic) bond motifs is 1. The molecule has 6 aromatic rings. The third-order valence-corrected chi connectivity index (χ3v) is 9.47. The summed E-state index contributed by atoms with van der Waals surface area (Å²) >= 11 is 2.86. The maximum atomic E-state index is 13.5. The van der Waals surface area contributed by atoms with Crippen molar-refractivity contribution in [1.82, 2.24) is 10.3 Å². The molecule has 3 N–H and O–H groups in total. The van der Waals surface area contributed by atoms with E-state index in [1.807, 2.05) is 98.8 Å². The fourth-order valence-corrected chi connectivity index (χ4v) is 6.71. The molecule has 9 heteroatoms. The number of benzene rings is 5. The Morgan fingerprint density at radius 3 is 2.15 bits per heavy atom. The molecule has 0 radical (unpaired) electrons. The molecular formula is C39H32N4O3S2. The zero-order chi connectivity index (χ0) is 33.5. The number of nitrogens with zero attached hydrogens (tertiary/aromatic N) is 1. The molecule has 0 aliphatic carbocycles. The molecule has 0 aliphatic heterocycles. The van der Waals surface area contributed by atoms with Crippen LogP contribution in [0, 0.1) is 6.92 Å².